The van der Waals surface area contributed by atoms with Crippen LogP contribution in [-0.4, -0.2) is 69.5 Å². The molecule has 1 aromatic carbocycles. The summed E-state index contributed by atoms with van der Waals surface area (Å²) in [5, 5.41) is 6.25. The molecule has 1 aliphatic rings. The number of nitrogens with one attached hydrogen (secondary N) is 1. The molecule has 1 aromatic heterocycles. The first kappa shape index (κ1) is 21.2. The summed E-state index contributed by atoms with van der Waals surface area (Å²) >= 11 is 1.58. The molecular weight excluding hydrogens is 396 g/mol. The van der Waals surface area contributed by atoms with Gasteiger partial charge in [-0.25, -0.2) is 4.98 Å². The van der Waals surface area contributed by atoms with E-state index in [0.29, 0.717) is 39.1 Å². The summed E-state index contributed by atoms with van der Waals surface area (Å²) in [5.41, 5.74) is 1.91. The average Bonchev–Trinajstić information content (AvgIpc) is 3.18. The van der Waals surface area contributed by atoms with E-state index in [4.69, 9.17) is 9.72 Å². The van der Waals surface area contributed by atoms with Gasteiger partial charge in [-0.05, 0) is 18.4 Å². The van der Waals surface area contributed by atoms with E-state index in [1.807, 2.05) is 18.2 Å². The molecule has 2 aromatic rings. The summed E-state index contributed by atoms with van der Waals surface area (Å²) < 4.78 is 33.0. The molecule has 0 bridgehead atoms. The van der Waals surface area contributed by atoms with Gasteiger partial charge in [-0.15, -0.1) is 11.3 Å². The van der Waals surface area contributed by atoms with Crippen LogP contribution in [0, 0.1) is 0 Å². The van der Waals surface area contributed by atoms with Gasteiger partial charge in [-0.1, -0.05) is 30.3 Å². The highest BCUT2D eigenvalue weighted by molar-refractivity contribution is 7.86. The summed E-state index contributed by atoms with van der Waals surface area (Å²) in [6.07, 6.45) is 1.40. The molecule has 0 amide bonds. The highest BCUT2D eigenvalue weighted by Crippen LogP contribution is 2.43. The number of rotatable bonds is 8. The average molecular weight is 425 g/mol. The van der Waals surface area contributed by atoms with E-state index in [2.05, 4.69) is 22.8 Å². The maximum Gasteiger partial charge on any atom is 0.281 e. The van der Waals surface area contributed by atoms with Gasteiger partial charge < -0.3 is 10.1 Å². The van der Waals surface area contributed by atoms with Crippen molar-refractivity contribution in [2.45, 2.75) is 18.3 Å². The van der Waals surface area contributed by atoms with Crippen LogP contribution in [0.15, 0.2) is 35.7 Å². The Balaban J connectivity index is 1.88. The van der Waals surface area contributed by atoms with Gasteiger partial charge in [0.1, 0.15) is 0 Å². The Morgan fingerprint density at radius 1 is 1.25 bits per heavy atom. The molecule has 154 valence electrons. The summed E-state index contributed by atoms with van der Waals surface area (Å²) in [6.45, 7) is 2.27. The van der Waals surface area contributed by atoms with Gasteiger partial charge >= 0.3 is 0 Å². The van der Waals surface area contributed by atoms with Crippen molar-refractivity contribution >= 4 is 26.7 Å². The lowest BCUT2D eigenvalue weighted by Gasteiger charge is -2.41. The minimum atomic E-state index is -3.40. The van der Waals surface area contributed by atoms with E-state index in [9.17, 15) is 8.42 Å². The number of nitrogens with zero attached hydrogens (tertiary/aromatic N) is 3. The highest BCUT2D eigenvalue weighted by Gasteiger charge is 2.42. The second-order valence-corrected chi connectivity index (χ2v) is 10.1. The van der Waals surface area contributed by atoms with Crippen LogP contribution in [0.2, 0.25) is 0 Å². The molecule has 2 heterocycles. The number of benzene rings is 1. The predicted molar refractivity (Wildman–Crippen MR) is 113 cm³/mol. The summed E-state index contributed by atoms with van der Waals surface area (Å²) in [5.74, 6) is 0. The Bertz CT molecular complexity index is 860. The largest absolute Gasteiger partial charge is 0.383 e. The fourth-order valence-corrected chi connectivity index (χ4v) is 5.56. The molecule has 3 rings (SSSR count). The number of hydrogen-bond donors (Lipinski definition) is 1. The Hall–Kier alpha value is -1.52. The molecule has 1 aliphatic heterocycles. The van der Waals surface area contributed by atoms with Crippen LogP contribution in [0.1, 0.15) is 24.1 Å². The van der Waals surface area contributed by atoms with E-state index in [1.54, 1.807) is 36.8 Å². The van der Waals surface area contributed by atoms with Crippen molar-refractivity contribution in [3.05, 3.63) is 47.0 Å². The normalized spacial score (nSPS) is 17.7. The molecule has 1 fully saturated rings. The van der Waals surface area contributed by atoms with Crippen LogP contribution in [-0.2, 0) is 20.4 Å². The van der Waals surface area contributed by atoms with Gasteiger partial charge in [0.15, 0.2) is 5.13 Å². The number of methoxy groups -OCH3 is 1. The maximum atomic E-state index is 12.5. The zero-order chi connectivity index (χ0) is 20.2. The lowest BCUT2D eigenvalue weighted by atomic mass is 9.71. The van der Waals surface area contributed by atoms with Crippen LogP contribution < -0.4 is 5.32 Å². The zero-order valence-electron chi connectivity index (χ0n) is 16.6. The zero-order valence-corrected chi connectivity index (χ0v) is 18.2. The molecule has 0 aliphatic carbocycles. The molecule has 0 unspecified atom stereocenters. The number of ether oxygens (including phenoxy) is 1. The van der Waals surface area contributed by atoms with Crippen molar-refractivity contribution in [2.24, 2.45) is 0 Å². The second kappa shape index (κ2) is 8.87. The number of piperidine rings is 1. The monoisotopic (exact) mass is 424 g/mol. The summed E-state index contributed by atoms with van der Waals surface area (Å²) in [7, 11) is 1.43. The van der Waals surface area contributed by atoms with Crippen LogP contribution in [0.3, 0.4) is 0 Å². The molecule has 1 N–H and O–H groups in total. The van der Waals surface area contributed by atoms with E-state index in [-0.39, 0.29) is 5.41 Å². The lowest BCUT2D eigenvalue weighted by Crippen LogP contribution is -2.49. The van der Waals surface area contributed by atoms with Gasteiger partial charge in [0, 0.05) is 51.6 Å². The maximum absolute atomic E-state index is 12.5. The Labute approximate surface area is 171 Å². The van der Waals surface area contributed by atoms with Crippen LogP contribution in [0.25, 0.3) is 0 Å². The molecule has 0 saturated carbocycles. The Morgan fingerprint density at radius 2 is 1.93 bits per heavy atom. The first-order valence-corrected chi connectivity index (χ1v) is 11.6. The van der Waals surface area contributed by atoms with E-state index in [0.717, 1.165) is 10.8 Å². The molecule has 28 heavy (non-hydrogen) atoms. The summed E-state index contributed by atoms with van der Waals surface area (Å²) in [6, 6.07) is 10.3. The van der Waals surface area contributed by atoms with Crippen LogP contribution >= 0.6 is 11.3 Å². The Morgan fingerprint density at radius 3 is 2.54 bits per heavy atom. The van der Waals surface area contributed by atoms with Gasteiger partial charge in [-0.2, -0.15) is 17.0 Å². The highest BCUT2D eigenvalue weighted by atomic mass is 32.2. The lowest BCUT2D eigenvalue weighted by molar-refractivity contribution is 0.210. The van der Waals surface area contributed by atoms with Crippen molar-refractivity contribution in [1.29, 1.82) is 0 Å². The topological polar surface area (TPSA) is 74.8 Å². The fraction of sp³-hybridized carbons (Fsp3) is 0.526. The van der Waals surface area contributed by atoms with Gasteiger partial charge in [-0.3, -0.25) is 0 Å². The van der Waals surface area contributed by atoms with Crippen molar-refractivity contribution in [2.75, 3.05) is 52.8 Å². The van der Waals surface area contributed by atoms with Crippen molar-refractivity contribution in [3.8, 4) is 0 Å². The standard InChI is InChI=1S/C19H28N4O3S2/c1-22(2)28(24,25)23-12-9-19(10-13-23,16-7-5-4-6-8-16)17-15-27-18(21-17)20-11-14-26-3/h4-8,15H,9-14H2,1-3H3,(H,20,21). The van der Waals surface area contributed by atoms with Gasteiger partial charge in [0.05, 0.1) is 12.3 Å². The predicted octanol–water partition coefficient (Wildman–Crippen LogP) is 2.39. The van der Waals surface area contributed by atoms with Gasteiger partial charge in [0.25, 0.3) is 10.2 Å². The first-order valence-electron chi connectivity index (χ1n) is 9.32. The molecular formula is C19H28N4O3S2. The Kier molecular flexibility index (Phi) is 6.72. The van der Waals surface area contributed by atoms with Crippen LogP contribution in [0.5, 0.6) is 0 Å². The van der Waals surface area contributed by atoms with Crippen molar-refractivity contribution < 1.29 is 13.2 Å². The van der Waals surface area contributed by atoms with Crippen molar-refractivity contribution in [3.63, 3.8) is 0 Å². The first-order chi connectivity index (χ1) is 13.4. The van der Waals surface area contributed by atoms with E-state index < -0.39 is 10.2 Å². The molecule has 0 radical (unpaired) electrons. The third-order valence-corrected chi connectivity index (χ3v) is 8.01. The third kappa shape index (κ3) is 4.23. The second-order valence-electron chi connectivity index (χ2n) is 7.09. The SMILES string of the molecule is COCCNc1nc(C2(c3ccccc3)CCN(S(=O)(=O)N(C)C)CC2)cs1. The smallest absolute Gasteiger partial charge is 0.281 e. The van der Waals surface area contributed by atoms with Crippen LogP contribution in [0.4, 0.5) is 5.13 Å². The molecule has 7 nitrogen and oxygen atoms in total. The van der Waals surface area contributed by atoms with E-state index in [1.165, 1.54) is 9.87 Å². The molecule has 1 saturated heterocycles. The van der Waals surface area contributed by atoms with Crippen molar-refractivity contribution in [1.82, 2.24) is 13.6 Å². The number of hydrogen-bond acceptors (Lipinski definition) is 6. The molecule has 9 heteroatoms. The number of aromatic nitrogens is 1. The van der Waals surface area contributed by atoms with Gasteiger partial charge in [0.2, 0.25) is 0 Å². The number of anilines is 1. The third-order valence-electron chi connectivity index (χ3n) is 5.27. The summed E-state index contributed by atoms with van der Waals surface area (Å²) in [4.78, 5) is 4.85. The quantitative estimate of drug-likeness (QED) is 0.659. The van der Waals surface area contributed by atoms with E-state index >= 15 is 0 Å². The minimum absolute atomic E-state index is 0.280. The molecule has 0 spiro atoms. The minimum Gasteiger partial charge on any atom is -0.383 e. The fourth-order valence-electron chi connectivity index (χ4n) is 3.61. The molecule has 0 atom stereocenters. The number of thiazole rings is 1.